The molecule has 116 valence electrons. The summed E-state index contributed by atoms with van der Waals surface area (Å²) in [5, 5.41) is 0.715. The van der Waals surface area contributed by atoms with Crippen molar-refractivity contribution in [1.82, 2.24) is 14.8 Å². The number of hydrogen-bond acceptors (Lipinski definition) is 4. The van der Waals surface area contributed by atoms with Gasteiger partial charge in [-0.25, -0.2) is 0 Å². The Hall–Kier alpha value is -2.34. The van der Waals surface area contributed by atoms with Crippen LogP contribution in [0, 0.1) is 0 Å². The second kappa shape index (κ2) is 5.81. The maximum atomic E-state index is 12.7. The number of hydrogen-bond donors (Lipinski definition) is 1. The average Bonchev–Trinajstić information content (AvgIpc) is 2.92. The Morgan fingerprint density at radius 1 is 1.27 bits per heavy atom. The third-order valence-corrected chi connectivity index (χ3v) is 4.17. The molecule has 1 aromatic heterocycles. The van der Waals surface area contributed by atoms with Crippen LogP contribution in [-0.4, -0.2) is 67.3 Å². The van der Waals surface area contributed by atoms with Gasteiger partial charge < -0.3 is 19.5 Å². The van der Waals surface area contributed by atoms with E-state index in [0.29, 0.717) is 35.5 Å². The number of H-pyrrole nitrogens is 1. The lowest BCUT2D eigenvalue weighted by Gasteiger charge is -2.32. The van der Waals surface area contributed by atoms with Gasteiger partial charge in [-0.3, -0.25) is 9.59 Å². The normalized spacial score (nSPS) is 16.0. The molecule has 0 unspecified atom stereocenters. The van der Waals surface area contributed by atoms with Crippen LogP contribution < -0.4 is 4.74 Å². The van der Waals surface area contributed by atoms with Crippen molar-refractivity contribution in [2.45, 2.75) is 0 Å². The smallest absolute Gasteiger partial charge is 0.271 e. The molecular weight excluding hydrogens is 282 g/mol. The second-order valence-electron chi connectivity index (χ2n) is 5.54. The molecule has 0 spiro atoms. The molecule has 1 N–H and O–H groups in total. The first kappa shape index (κ1) is 14.6. The van der Waals surface area contributed by atoms with Gasteiger partial charge in [-0.15, -0.1) is 0 Å². The summed E-state index contributed by atoms with van der Waals surface area (Å²) in [6, 6.07) is 5.40. The molecule has 0 aliphatic carbocycles. The molecule has 1 saturated heterocycles. The molecular formula is C16H19N3O3. The van der Waals surface area contributed by atoms with E-state index in [1.807, 2.05) is 13.1 Å². The van der Waals surface area contributed by atoms with Crippen molar-refractivity contribution in [1.29, 1.82) is 0 Å². The Morgan fingerprint density at radius 2 is 2.00 bits per heavy atom. The zero-order valence-electron chi connectivity index (χ0n) is 12.8. The maximum Gasteiger partial charge on any atom is 0.271 e. The van der Waals surface area contributed by atoms with E-state index in [1.54, 1.807) is 24.1 Å². The largest absolute Gasteiger partial charge is 0.497 e. The molecule has 2 heterocycles. The van der Waals surface area contributed by atoms with Crippen molar-refractivity contribution in [3.8, 4) is 5.75 Å². The van der Waals surface area contributed by atoms with Crippen molar-refractivity contribution in [2.24, 2.45) is 0 Å². The quantitative estimate of drug-likeness (QED) is 0.870. The summed E-state index contributed by atoms with van der Waals surface area (Å²) in [6.45, 7) is 3.03. The number of amides is 1. The molecule has 0 atom stereocenters. The van der Waals surface area contributed by atoms with Gasteiger partial charge in [-0.2, -0.15) is 0 Å². The fourth-order valence-corrected chi connectivity index (χ4v) is 2.78. The molecule has 1 amide bonds. The van der Waals surface area contributed by atoms with E-state index in [2.05, 4.69) is 9.88 Å². The summed E-state index contributed by atoms with van der Waals surface area (Å²) in [7, 11) is 3.61. The molecule has 22 heavy (non-hydrogen) atoms. The number of nitrogens with one attached hydrogen (secondary N) is 1. The van der Waals surface area contributed by atoms with Crippen LogP contribution in [0.3, 0.4) is 0 Å². The van der Waals surface area contributed by atoms with E-state index in [9.17, 15) is 9.59 Å². The van der Waals surface area contributed by atoms with Crippen molar-refractivity contribution in [3.05, 3.63) is 29.5 Å². The van der Waals surface area contributed by atoms with Crippen LogP contribution in [0.5, 0.6) is 5.75 Å². The number of ether oxygens (including phenoxy) is 1. The van der Waals surface area contributed by atoms with Gasteiger partial charge in [0.1, 0.15) is 11.4 Å². The number of carbonyl (C=O) groups excluding carboxylic acids is 2. The number of methoxy groups -OCH3 is 1. The van der Waals surface area contributed by atoms with E-state index in [4.69, 9.17) is 4.74 Å². The highest BCUT2D eigenvalue weighted by atomic mass is 16.5. The first-order valence-electron chi connectivity index (χ1n) is 7.26. The standard InChI is InChI=1S/C16H19N3O3/c1-18-5-7-19(8-6-18)16(21)15-13(10-20)12-9-11(22-2)3-4-14(12)17-15/h3-4,9-10,17H,5-8H2,1-2H3. The van der Waals surface area contributed by atoms with Gasteiger partial charge in [0.25, 0.3) is 5.91 Å². The Morgan fingerprint density at radius 3 is 2.64 bits per heavy atom. The number of fused-ring (bicyclic) bond motifs is 1. The molecule has 1 aliphatic rings. The number of benzene rings is 1. The van der Waals surface area contributed by atoms with Gasteiger partial charge in [-0.1, -0.05) is 0 Å². The van der Waals surface area contributed by atoms with Gasteiger partial charge in [-0.05, 0) is 25.2 Å². The predicted molar refractivity (Wildman–Crippen MR) is 83.6 cm³/mol. The number of likely N-dealkylation sites (N-methyl/N-ethyl adjacent to an activating group) is 1. The fraction of sp³-hybridized carbons (Fsp3) is 0.375. The lowest BCUT2D eigenvalue weighted by Crippen LogP contribution is -2.47. The zero-order chi connectivity index (χ0) is 15.7. The van der Waals surface area contributed by atoms with Crippen LogP contribution in [0.15, 0.2) is 18.2 Å². The highest BCUT2D eigenvalue weighted by molar-refractivity contribution is 6.09. The minimum absolute atomic E-state index is 0.120. The summed E-state index contributed by atoms with van der Waals surface area (Å²) in [6.07, 6.45) is 0.738. The van der Waals surface area contributed by atoms with Gasteiger partial charge in [0.05, 0.1) is 12.7 Å². The summed E-state index contributed by atoms with van der Waals surface area (Å²) in [5.74, 6) is 0.540. The van der Waals surface area contributed by atoms with E-state index < -0.39 is 0 Å². The average molecular weight is 301 g/mol. The minimum Gasteiger partial charge on any atom is -0.497 e. The number of aromatic nitrogens is 1. The second-order valence-corrected chi connectivity index (χ2v) is 5.54. The van der Waals surface area contributed by atoms with E-state index >= 15 is 0 Å². The SMILES string of the molecule is COc1ccc2[nH]c(C(=O)N3CCN(C)CC3)c(C=O)c2c1. The molecule has 1 aliphatic heterocycles. The fourth-order valence-electron chi connectivity index (χ4n) is 2.78. The van der Waals surface area contributed by atoms with Crippen molar-refractivity contribution in [3.63, 3.8) is 0 Å². The highest BCUT2D eigenvalue weighted by Gasteiger charge is 2.25. The van der Waals surface area contributed by atoms with E-state index in [0.717, 1.165) is 24.9 Å². The van der Waals surface area contributed by atoms with Crippen molar-refractivity contribution < 1.29 is 14.3 Å². The molecule has 6 heteroatoms. The Balaban J connectivity index is 1.99. The predicted octanol–water partition coefficient (Wildman–Crippen LogP) is 1.38. The zero-order valence-corrected chi connectivity index (χ0v) is 12.8. The maximum absolute atomic E-state index is 12.7. The summed E-state index contributed by atoms with van der Waals surface area (Å²) < 4.78 is 5.19. The van der Waals surface area contributed by atoms with Gasteiger partial charge in [0.2, 0.25) is 0 Å². The number of aromatic amines is 1. The van der Waals surface area contributed by atoms with E-state index in [1.165, 1.54) is 0 Å². The Bertz CT molecular complexity index is 715. The first-order chi connectivity index (χ1) is 10.6. The first-order valence-corrected chi connectivity index (χ1v) is 7.26. The van der Waals surface area contributed by atoms with Crippen molar-refractivity contribution >= 4 is 23.1 Å². The highest BCUT2D eigenvalue weighted by Crippen LogP contribution is 2.26. The van der Waals surface area contributed by atoms with Crippen LogP contribution in [0.2, 0.25) is 0 Å². The van der Waals surface area contributed by atoms with Crippen LogP contribution in [0.25, 0.3) is 10.9 Å². The third-order valence-electron chi connectivity index (χ3n) is 4.17. The van der Waals surface area contributed by atoms with E-state index in [-0.39, 0.29) is 5.91 Å². The lowest BCUT2D eigenvalue weighted by atomic mass is 10.1. The van der Waals surface area contributed by atoms with Crippen LogP contribution in [0.4, 0.5) is 0 Å². The number of rotatable bonds is 3. The summed E-state index contributed by atoms with van der Waals surface area (Å²) >= 11 is 0. The molecule has 0 radical (unpaired) electrons. The molecule has 3 rings (SSSR count). The minimum atomic E-state index is -0.120. The van der Waals surface area contributed by atoms with Gasteiger partial charge >= 0.3 is 0 Å². The molecule has 1 aromatic carbocycles. The number of aldehydes is 1. The monoisotopic (exact) mass is 301 g/mol. The lowest BCUT2D eigenvalue weighted by molar-refractivity contribution is 0.0657. The van der Waals surface area contributed by atoms with Crippen LogP contribution in [-0.2, 0) is 0 Å². The molecule has 0 bridgehead atoms. The molecule has 6 nitrogen and oxygen atoms in total. The number of piperazine rings is 1. The topological polar surface area (TPSA) is 65.6 Å². The molecule has 2 aromatic rings. The van der Waals surface area contributed by atoms with Gasteiger partial charge in [0.15, 0.2) is 6.29 Å². The van der Waals surface area contributed by atoms with Crippen LogP contribution in [0.1, 0.15) is 20.8 Å². The van der Waals surface area contributed by atoms with Crippen molar-refractivity contribution in [2.75, 3.05) is 40.3 Å². The number of nitrogens with zero attached hydrogens (tertiary/aromatic N) is 2. The Labute approximate surface area is 128 Å². The summed E-state index contributed by atoms with van der Waals surface area (Å²) in [4.78, 5) is 31.2. The van der Waals surface area contributed by atoms with Gasteiger partial charge in [0, 0.05) is 37.1 Å². The molecule has 0 saturated carbocycles. The number of carbonyl (C=O) groups is 2. The summed E-state index contributed by atoms with van der Waals surface area (Å²) in [5.41, 5.74) is 1.53. The molecule has 1 fully saturated rings. The Kier molecular flexibility index (Phi) is 3.85. The third kappa shape index (κ3) is 2.46. The van der Waals surface area contributed by atoms with Crippen LogP contribution >= 0.6 is 0 Å².